The summed E-state index contributed by atoms with van der Waals surface area (Å²) >= 11 is 0. The lowest BCUT2D eigenvalue weighted by molar-refractivity contribution is 0.471. The zero-order valence-corrected chi connectivity index (χ0v) is 19.4. The normalized spacial score (nSPS) is 12.4. The molecule has 0 aromatic heterocycles. The summed E-state index contributed by atoms with van der Waals surface area (Å²) in [5.41, 5.74) is 7.11. The molecule has 0 aliphatic rings. The van der Waals surface area contributed by atoms with Crippen LogP contribution in [0.1, 0.15) is 5.56 Å². The third-order valence-electron chi connectivity index (χ3n) is 5.12. The number of phenols is 1. The van der Waals surface area contributed by atoms with Gasteiger partial charge in [0.25, 0.3) is 10.1 Å². The van der Waals surface area contributed by atoms with Gasteiger partial charge in [0.2, 0.25) is 9.84 Å². The van der Waals surface area contributed by atoms with E-state index < -0.39 is 30.6 Å². The van der Waals surface area contributed by atoms with Crippen molar-refractivity contribution < 1.29 is 26.5 Å². The topological polar surface area (TPSA) is 159 Å². The molecule has 4 aromatic carbocycles. The molecule has 0 fully saturated rings. The Hall–Kier alpha value is -3.80. The monoisotopic (exact) mass is 497 g/mol. The lowest BCUT2D eigenvalue weighted by Crippen LogP contribution is -2.02. The van der Waals surface area contributed by atoms with Crippen LogP contribution < -0.4 is 5.73 Å². The molecule has 0 heterocycles. The molecule has 4 N–H and O–H groups in total. The second kappa shape index (κ2) is 8.52. The van der Waals surface area contributed by atoms with E-state index in [0.29, 0.717) is 0 Å². The Morgan fingerprint density at radius 2 is 1.50 bits per heavy atom. The van der Waals surface area contributed by atoms with Gasteiger partial charge >= 0.3 is 0 Å². The molecule has 4 aromatic rings. The molecule has 0 atom stereocenters. The fourth-order valence-corrected chi connectivity index (χ4v) is 5.31. The summed E-state index contributed by atoms with van der Waals surface area (Å²) in [7, 11) is -8.46. The molecule has 0 radical (unpaired) electrons. The first kappa shape index (κ1) is 23.4. The fraction of sp³-hybridized carbons (Fsp3) is 0.0435. The first-order valence-electron chi connectivity index (χ1n) is 9.84. The van der Waals surface area contributed by atoms with E-state index in [1.807, 2.05) is 6.92 Å². The Kier molecular flexibility index (Phi) is 5.86. The van der Waals surface area contributed by atoms with Gasteiger partial charge in [0.05, 0.1) is 25.8 Å². The number of azo groups is 1. The average molecular weight is 498 g/mol. The maximum Gasteiger partial charge on any atom is 0.294 e. The first-order chi connectivity index (χ1) is 16.0. The van der Waals surface area contributed by atoms with Crippen LogP contribution in [0.2, 0.25) is 0 Å². The molecule has 4 rings (SSSR count). The predicted molar refractivity (Wildman–Crippen MR) is 127 cm³/mol. The second-order valence-electron chi connectivity index (χ2n) is 7.50. The van der Waals surface area contributed by atoms with E-state index in [2.05, 4.69) is 10.2 Å². The molecule has 0 aliphatic carbocycles. The molecular weight excluding hydrogens is 478 g/mol. The summed E-state index contributed by atoms with van der Waals surface area (Å²) in [6.45, 7) is 1.85. The van der Waals surface area contributed by atoms with Gasteiger partial charge in [0, 0.05) is 6.07 Å². The fourth-order valence-electron chi connectivity index (χ4n) is 3.39. The zero-order valence-electron chi connectivity index (χ0n) is 17.7. The van der Waals surface area contributed by atoms with Crippen molar-refractivity contribution in [3.8, 4) is 5.75 Å². The molecule has 9 nitrogen and oxygen atoms in total. The summed E-state index contributed by atoms with van der Waals surface area (Å²) in [5.74, 6) is -0.494. The molecule has 11 heteroatoms. The summed E-state index contributed by atoms with van der Waals surface area (Å²) in [4.78, 5) is -0.472. The van der Waals surface area contributed by atoms with Crippen LogP contribution in [-0.4, -0.2) is 26.5 Å². The minimum Gasteiger partial charge on any atom is -0.507 e. The van der Waals surface area contributed by atoms with Crippen LogP contribution in [0.4, 0.5) is 17.1 Å². The molecule has 0 spiro atoms. The van der Waals surface area contributed by atoms with Gasteiger partial charge in [-0.05, 0) is 48.7 Å². The van der Waals surface area contributed by atoms with Crippen molar-refractivity contribution in [3.63, 3.8) is 0 Å². The zero-order chi connectivity index (χ0) is 24.7. The van der Waals surface area contributed by atoms with Crippen molar-refractivity contribution in [2.45, 2.75) is 21.6 Å². The van der Waals surface area contributed by atoms with Crippen LogP contribution in [0.25, 0.3) is 10.8 Å². The minimum absolute atomic E-state index is 0.0134. The van der Waals surface area contributed by atoms with Crippen molar-refractivity contribution in [1.29, 1.82) is 0 Å². The van der Waals surface area contributed by atoms with E-state index in [-0.39, 0.29) is 37.6 Å². The first-order valence-corrected chi connectivity index (χ1v) is 12.8. The van der Waals surface area contributed by atoms with Gasteiger partial charge in [-0.25, -0.2) is 8.42 Å². The molecule has 0 unspecified atom stereocenters. The van der Waals surface area contributed by atoms with Crippen LogP contribution >= 0.6 is 0 Å². The van der Waals surface area contributed by atoms with Crippen LogP contribution in [0.15, 0.2) is 97.7 Å². The Morgan fingerprint density at radius 3 is 2.18 bits per heavy atom. The van der Waals surface area contributed by atoms with Crippen LogP contribution in [0.5, 0.6) is 5.75 Å². The third kappa shape index (κ3) is 4.36. The van der Waals surface area contributed by atoms with Crippen molar-refractivity contribution in [2.75, 3.05) is 5.73 Å². The number of hydrogen-bond donors (Lipinski definition) is 3. The van der Waals surface area contributed by atoms with Crippen molar-refractivity contribution in [1.82, 2.24) is 0 Å². The number of rotatable bonds is 5. The largest absolute Gasteiger partial charge is 0.507 e. The number of fused-ring (bicyclic) bond motifs is 1. The Morgan fingerprint density at radius 1 is 0.824 bits per heavy atom. The average Bonchev–Trinajstić information content (AvgIpc) is 2.78. The molecular formula is C23H19N3O6S2. The minimum atomic E-state index is -4.56. The number of phenolic OH excluding ortho intramolecular Hbond substituents is 1. The summed E-state index contributed by atoms with van der Waals surface area (Å²) in [6.07, 6.45) is 0. The number of nitrogens with two attached hydrogens (primary N) is 1. The van der Waals surface area contributed by atoms with E-state index in [1.54, 1.807) is 24.3 Å². The Labute approximate surface area is 195 Å². The number of anilines is 1. The number of aryl methyl sites for hydroxylation is 1. The molecule has 0 saturated heterocycles. The molecule has 34 heavy (non-hydrogen) atoms. The van der Waals surface area contributed by atoms with E-state index in [4.69, 9.17) is 5.73 Å². The number of benzene rings is 4. The van der Waals surface area contributed by atoms with Crippen molar-refractivity contribution in [3.05, 3.63) is 78.4 Å². The molecule has 174 valence electrons. The van der Waals surface area contributed by atoms with Crippen LogP contribution in [0, 0.1) is 6.92 Å². The smallest absolute Gasteiger partial charge is 0.294 e. The summed E-state index contributed by atoms with van der Waals surface area (Å²) in [6, 6.07) is 17.3. The maximum atomic E-state index is 13.2. The quantitative estimate of drug-likeness (QED) is 0.200. The van der Waals surface area contributed by atoms with E-state index in [0.717, 1.165) is 17.7 Å². The van der Waals surface area contributed by atoms with E-state index >= 15 is 0 Å². The van der Waals surface area contributed by atoms with Gasteiger partial charge < -0.3 is 10.8 Å². The van der Waals surface area contributed by atoms with Crippen molar-refractivity contribution in [2.24, 2.45) is 10.2 Å². The van der Waals surface area contributed by atoms with Gasteiger partial charge in [0.15, 0.2) is 0 Å². The number of nitrogen functional groups attached to an aromatic ring is 1. The lowest BCUT2D eigenvalue weighted by atomic mass is 10.1. The Bertz CT molecular complexity index is 1660. The second-order valence-corrected chi connectivity index (χ2v) is 10.8. The molecule has 0 bridgehead atoms. The number of nitrogens with zero attached hydrogens (tertiary/aromatic N) is 2. The summed E-state index contributed by atoms with van der Waals surface area (Å²) in [5, 5.41) is 19.0. The van der Waals surface area contributed by atoms with Crippen LogP contribution in [0.3, 0.4) is 0 Å². The highest BCUT2D eigenvalue weighted by Gasteiger charge is 2.22. The van der Waals surface area contributed by atoms with Crippen molar-refractivity contribution >= 4 is 47.8 Å². The predicted octanol–water partition coefficient (Wildman–Crippen LogP) is 4.93. The van der Waals surface area contributed by atoms with E-state index in [1.165, 1.54) is 36.4 Å². The standard InChI is InChI=1S/C23H19N3O6S2/c1-14-6-9-16(10-7-14)33(28,29)21-5-3-2-4-19(21)25-26-23-18(24)11-8-15-12-17(34(30,31)32)13-20(27)22(15)23/h2-13,27H,24H2,1H3,(H,30,31,32). The molecule has 0 aliphatic heterocycles. The van der Waals surface area contributed by atoms with Gasteiger partial charge in [0.1, 0.15) is 17.1 Å². The van der Waals surface area contributed by atoms with Crippen LogP contribution in [-0.2, 0) is 20.0 Å². The number of aromatic hydroxyl groups is 1. The van der Waals surface area contributed by atoms with Gasteiger partial charge in [-0.2, -0.15) is 8.42 Å². The van der Waals surface area contributed by atoms with Gasteiger partial charge in [-0.3, -0.25) is 4.55 Å². The SMILES string of the molecule is Cc1ccc(S(=O)(=O)c2ccccc2N=Nc2c(N)ccc3cc(S(=O)(=O)O)cc(O)c23)cc1. The highest BCUT2D eigenvalue weighted by Crippen LogP contribution is 2.41. The highest BCUT2D eigenvalue weighted by atomic mass is 32.2. The highest BCUT2D eigenvalue weighted by molar-refractivity contribution is 7.91. The van der Waals surface area contributed by atoms with Gasteiger partial charge in [-0.1, -0.05) is 35.9 Å². The number of hydrogen-bond acceptors (Lipinski definition) is 8. The molecule has 0 saturated carbocycles. The van der Waals surface area contributed by atoms with E-state index in [9.17, 15) is 26.5 Å². The molecule has 0 amide bonds. The van der Waals surface area contributed by atoms with Gasteiger partial charge in [-0.15, -0.1) is 10.2 Å². The third-order valence-corrected chi connectivity index (χ3v) is 7.76. The summed E-state index contributed by atoms with van der Waals surface area (Å²) < 4.78 is 58.7. The Balaban J connectivity index is 1.85. The maximum absolute atomic E-state index is 13.2. The number of sulfone groups is 1. The lowest BCUT2D eigenvalue weighted by Gasteiger charge is -2.10.